The van der Waals surface area contributed by atoms with Crippen molar-refractivity contribution in [3.05, 3.63) is 64.4 Å². The van der Waals surface area contributed by atoms with Crippen molar-refractivity contribution in [3.63, 3.8) is 0 Å². The number of ether oxygens (including phenoxy) is 2. The standard InChI is InChI=1S/C24H26N2O4S/c1-15-7-9-26(10-8-15)22(17-5-6-19-21(13-17)30-14-29-19)18-12-16(2)31-24(18)25-23(27)20-4-3-11-28-20/h3-6,11-13,15,22H,7-10,14H2,1-2H3,(H,25,27)/t22-/m0/s1. The Labute approximate surface area is 185 Å². The van der Waals surface area contributed by atoms with Gasteiger partial charge >= 0.3 is 0 Å². The van der Waals surface area contributed by atoms with Gasteiger partial charge in [-0.1, -0.05) is 13.0 Å². The van der Waals surface area contributed by atoms with E-state index in [9.17, 15) is 4.79 Å². The first-order valence-corrected chi connectivity index (χ1v) is 11.5. The molecule has 2 aliphatic rings. The van der Waals surface area contributed by atoms with Crippen molar-refractivity contribution in [1.82, 2.24) is 4.90 Å². The van der Waals surface area contributed by atoms with Crippen LogP contribution in [0.2, 0.25) is 0 Å². The monoisotopic (exact) mass is 438 g/mol. The van der Waals surface area contributed by atoms with Crippen LogP contribution in [-0.2, 0) is 0 Å². The number of carbonyl (C=O) groups is 1. The summed E-state index contributed by atoms with van der Waals surface area (Å²) in [5, 5.41) is 3.95. The molecule has 1 amide bonds. The number of nitrogens with one attached hydrogen (secondary N) is 1. The van der Waals surface area contributed by atoms with Crippen LogP contribution in [0.25, 0.3) is 0 Å². The van der Waals surface area contributed by atoms with Gasteiger partial charge < -0.3 is 19.2 Å². The highest BCUT2D eigenvalue weighted by molar-refractivity contribution is 7.16. The van der Waals surface area contributed by atoms with Crippen LogP contribution in [0.1, 0.15) is 52.4 Å². The molecule has 31 heavy (non-hydrogen) atoms. The van der Waals surface area contributed by atoms with Gasteiger partial charge in [0.1, 0.15) is 5.00 Å². The minimum absolute atomic E-state index is 0.0267. The van der Waals surface area contributed by atoms with Gasteiger partial charge in [-0.25, -0.2) is 0 Å². The van der Waals surface area contributed by atoms with Crippen molar-refractivity contribution in [2.75, 3.05) is 25.2 Å². The van der Waals surface area contributed by atoms with E-state index in [1.165, 1.54) is 6.26 Å². The van der Waals surface area contributed by atoms with Crippen molar-refractivity contribution in [3.8, 4) is 11.5 Å². The fourth-order valence-electron chi connectivity index (χ4n) is 4.36. The van der Waals surface area contributed by atoms with Crippen molar-refractivity contribution in [2.45, 2.75) is 32.7 Å². The molecule has 5 rings (SSSR count). The van der Waals surface area contributed by atoms with E-state index < -0.39 is 0 Å². The molecule has 1 atom stereocenters. The summed E-state index contributed by atoms with van der Waals surface area (Å²) >= 11 is 1.60. The van der Waals surface area contributed by atoms with Gasteiger partial charge in [0.05, 0.1) is 12.3 Å². The second kappa shape index (κ2) is 8.40. The number of rotatable bonds is 5. The maximum atomic E-state index is 12.7. The number of thiophene rings is 1. The lowest BCUT2D eigenvalue weighted by Gasteiger charge is -2.37. The third-order valence-corrected chi connectivity index (χ3v) is 7.03. The second-order valence-corrected chi connectivity index (χ2v) is 9.56. The number of aryl methyl sites for hydroxylation is 1. The Balaban J connectivity index is 1.53. The van der Waals surface area contributed by atoms with Crippen molar-refractivity contribution in [2.24, 2.45) is 5.92 Å². The quantitative estimate of drug-likeness (QED) is 0.574. The summed E-state index contributed by atoms with van der Waals surface area (Å²) in [6.45, 7) is 6.68. The van der Waals surface area contributed by atoms with Crippen molar-refractivity contribution >= 4 is 22.2 Å². The number of hydrogen-bond donors (Lipinski definition) is 1. The summed E-state index contributed by atoms with van der Waals surface area (Å²) in [5.74, 6) is 2.37. The number of carbonyl (C=O) groups excluding carboxylic acids is 1. The first-order valence-electron chi connectivity index (χ1n) is 10.7. The van der Waals surface area contributed by atoms with Crippen LogP contribution < -0.4 is 14.8 Å². The fraction of sp³-hybridized carbons (Fsp3) is 0.375. The van der Waals surface area contributed by atoms with Crippen LogP contribution in [-0.4, -0.2) is 30.7 Å². The second-order valence-electron chi connectivity index (χ2n) is 8.31. The third kappa shape index (κ3) is 4.07. The zero-order valence-electron chi connectivity index (χ0n) is 17.7. The molecule has 7 heteroatoms. The number of benzene rings is 1. The van der Waals surface area contributed by atoms with Gasteiger partial charge in [0.25, 0.3) is 5.91 Å². The Morgan fingerprint density at radius 1 is 1.16 bits per heavy atom. The Hall–Kier alpha value is -2.77. The van der Waals surface area contributed by atoms with Gasteiger partial charge in [0.2, 0.25) is 6.79 Å². The van der Waals surface area contributed by atoms with Crippen molar-refractivity contribution in [1.29, 1.82) is 0 Å². The molecule has 1 fully saturated rings. The molecule has 0 bridgehead atoms. The van der Waals surface area contributed by atoms with Gasteiger partial charge in [-0.15, -0.1) is 11.3 Å². The lowest BCUT2D eigenvalue weighted by atomic mass is 9.92. The van der Waals surface area contributed by atoms with E-state index in [0.29, 0.717) is 5.76 Å². The van der Waals surface area contributed by atoms with Crippen LogP contribution >= 0.6 is 11.3 Å². The predicted octanol–water partition coefficient (Wildman–Crippen LogP) is 5.45. The normalized spacial score (nSPS) is 17.6. The van der Waals surface area contributed by atoms with Gasteiger partial charge in [-0.2, -0.15) is 0 Å². The number of fused-ring (bicyclic) bond motifs is 1. The minimum atomic E-state index is -0.232. The number of hydrogen-bond acceptors (Lipinski definition) is 6. The molecule has 0 saturated carbocycles. The Morgan fingerprint density at radius 3 is 2.74 bits per heavy atom. The molecule has 1 saturated heterocycles. The largest absolute Gasteiger partial charge is 0.459 e. The zero-order valence-corrected chi connectivity index (χ0v) is 18.5. The SMILES string of the molecule is Cc1cc([C@H](c2ccc3c(c2)OCO3)N2CCC(C)CC2)c(NC(=O)c2ccco2)s1. The average Bonchev–Trinajstić information content (AvgIpc) is 3.51. The van der Waals surface area contributed by atoms with E-state index in [0.717, 1.165) is 64.4 Å². The molecule has 2 aromatic heterocycles. The molecule has 0 unspecified atom stereocenters. The number of anilines is 1. The fourth-order valence-corrected chi connectivity index (χ4v) is 5.30. The molecule has 6 nitrogen and oxygen atoms in total. The van der Waals surface area contributed by atoms with E-state index >= 15 is 0 Å². The number of nitrogens with zero attached hydrogens (tertiary/aromatic N) is 1. The van der Waals surface area contributed by atoms with E-state index in [1.807, 2.05) is 6.07 Å². The van der Waals surface area contributed by atoms with E-state index in [-0.39, 0.29) is 18.7 Å². The molecule has 162 valence electrons. The minimum Gasteiger partial charge on any atom is -0.459 e. The maximum Gasteiger partial charge on any atom is 0.291 e. The molecular formula is C24H26N2O4S. The maximum absolute atomic E-state index is 12.7. The molecule has 0 spiro atoms. The number of amides is 1. The van der Waals surface area contributed by atoms with Gasteiger partial charge in [-0.3, -0.25) is 9.69 Å². The summed E-state index contributed by atoms with van der Waals surface area (Å²) in [6, 6.07) is 11.8. The van der Waals surface area contributed by atoms with Gasteiger partial charge in [0, 0.05) is 10.4 Å². The molecular weight excluding hydrogens is 412 g/mol. The van der Waals surface area contributed by atoms with Crippen LogP contribution in [0.4, 0.5) is 5.00 Å². The van der Waals surface area contributed by atoms with Gasteiger partial charge in [-0.05, 0) is 74.7 Å². The van der Waals surface area contributed by atoms with E-state index in [2.05, 4.69) is 42.3 Å². The van der Waals surface area contributed by atoms with Gasteiger partial charge in [0.15, 0.2) is 17.3 Å². The molecule has 3 aromatic rings. The van der Waals surface area contributed by atoms with Crippen LogP contribution in [0, 0.1) is 12.8 Å². The summed E-state index contributed by atoms with van der Waals surface area (Å²) in [7, 11) is 0. The number of piperidine rings is 1. The Kier molecular flexibility index (Phi) is 5.46. The summed E-state index contributed by atoms with van der Waals surface area (Å²) in [6.07, 6.45) is 3.84. The van der Waals surface area contributed by atoms with Crippen LogP contribution in [0.3, 0.4) is 0 Å². The highest BCUT2D eigenvalue weighted by atomic mass is 32.1. The zero-order chi connectivity index (χ0) is 21.4. The van der Waals surface area contributed by atoms with E-state index in [1.54, 1.807) is 23.5 Å². The molecule has 4 heterocycles. The lowest BCUT2D eigenvalue weighted by molar-refractivity contribution is 0.0996. The summed E-state index contributed by atoms with van der Waals surface area (Å²) < 4.78 is 16.5. The first-order chi connectivity index (χ1) is 15.1. The Morgan fingerprint density at radius 2 is 1.97 bits per heavy atom. The molecule has 0 radical (unpaired) electrons. The van der Waals surface area contributed by atoms with Crippen LogP contribution in [0.5, 0.6) is 11.5 Å². The highest BCUT2D eigenvalue weighted by Crippen LogP contribution is 2.43. The molecule has 2 aliphatic heterocycles. The topological polar surface area (TPSA) is 63.9 Å². The number of furan rings is 1. The Bertz CT molecular complexity index is 1070. The first kappa shape index (κ1) is 20.2. The lowest BCUT2D eigenvalue weighted by Crippen LogP contribution is -2.37. The summed E-state index contributed by atoms with van der Waals surface area (Å²) in [5.41, 5.74) is 2.25. The molecule has 1 aromatic carbocycles. The smallest absolute Gasteiger partial charge is 0.291 e. The van der Waals surface area contributed by atoms with Crippen molar-refractivity contribution < 1.29 is 18.7 Å². The molecule has 0 aliphatic carbocycles. The molecule has 1 N–H and O–H groups in total. The predicted molar refractivity (Wildman–Crippen MR) is 120 cm³/mol. The average molecular weight is 439 g/mol. The number of likely N-dealkylation sites (tertiary alicyclic amines) is 1. The van der Waals surface area contributed by atoms with E-state index in [4.69, 9.17) is 13.9 Å². The highest BCUT2D eigenvalue weighted by Gasteiger charge is 2.31. The summed E-state index contributed by atoms with van der Waals surface area (Å²) in [4.78, 5) is 16.4. The third-order valence-electron chi connectivity index (χ3n) is 6.05. The van der Waals surface area contributed by atoms with Crippen LogP contribution in [0.15, 0.2) is 47.1 Å².